The van der Waals surface area contributed by atoms with E-state index in [1.165, 1.54) is 18.2 Å². The number of sulfone groups is 1. The van der Waals surface area contributed by atoms with Crippen molar-refractivity contribution in [2.45, 2.75) is 11.4 Å². The highest BCUT2D eigenvalue weighted by molar-refractivity contribution is 7.90. The first-order valence-electron chi connectivity index (χ1n) is 9.06. The van der Waals surface area contributed by atoms with E-state index >= 15 is 0 Å². The summed E-state index contributed by atoms with van der Waals surface area (Å²) < 4.78 is 23.4. The van der Waals surface area contributed by atoms with Crippen LogP contribution in [0.3, 0.4) is 0 Å². The van der Waals surface area contributed by atoms with Crippen molar-refractivity contribution in [1.82, 2.24) is 9.80 Å². The number of anilines is 1. The van der Waals surface area contributed by atoms with Gasteiger partial charge in [0, 0.05) is 50.2 Å². The summed E-state index contributed by atoms with van der Waals surface area (Å²) in [6, 6.07) is 11.4. The van der Waals surface area contributed by atoms with E-state index in [9.17, 15) is 18.3 Å². The number of nitrogens with zero attached hydrogens (tertiary/aromatic N) is 2. The molecule has 0 aliphatic carbocycles. The van der Waals surface area contributed by atoms with Crippen LogP contribution >= 0.6 is 12.4 Å². The molecule has 158 valence electrons. The Morgan fingerprint density at radius 2 is 1.69 bits per heavy atom. The van der Waals surface area contributed by atoms with Crippen LogP contribution in [0.4, 0.5) is 5.69 Å². The Balaban J connectivity index is 0.00000300. The molecule has 1 heterocycles. The van der Waals surface area contributed by atoms with E-state index in [-0.39, 0.29) is 29.0 Å². The van der Waals surface area contributed by atoms with Crippen LogP contribution in [0.15, 0.2) is 47.4 Å². The quantitative estimate of drug-likeness (QED) is 0.694. The lowest BCUT2D eigenvalue weighted by Crippen LogP contribution is -2.43. The minimum Gasteiger partial charge on any atom is -0.507 e. The number of hydrogen-bond donors (Lipinski definition) is 2. The number of carbonyl (C=O) groups is 1. The number of piperazine rings is 1. The first kappa shape index (κ1) is 23.2. The Morgan fingerprint density at radius 3 is 2.28 bits per heavy atom. The molecule has 7 nitrogen and oxygen atoms in total. The van der Waals surface area contributed by atoms with Crippen LogP contribution < -0.4 is 5.32 Å². The normalized spacial score (nSPS) is 15.5. The number of hydrogen-bond acceptors (Lipinski definition) is 6. The monoisotopic (exact) mass is 439 g/mol. The minimum absolute atomic E-state index is 0. The number of likely N-dealkylation sites (N-methyl/N-ethyl adjacent to an activating group) is 1. The SMILES string of the molecule is CN1CCN(Cc2ccc(C(=O)Nc3ccc(O)c(S(C)(=O)=O)c3)cc2)CC1.Cl. The molecule has 0 aromatic heterocycles. The Hall–Kier alpha value is -2.13. The molecule has 0 unspecified atom stereocenters. The van der Waals surface area contributed by atoms with Crippen LogP contribution in [0, 0.1) is 0 Å². The summed E-state index contributed by atoms with van der Waals surface area (Å²) in [6.07, 6.45) is 1.01. The van der Waals surface area contributed by atoms with Crippen molar-refractivity contribution in [3.05, 3.63) is 53.6 Å². The van der Waals surface area contributed by atoms with Crippen LogP contribution in [-0.4, -0.2) is 68.7 Å². The van der Waals surface area contributed by atoms with Crippen molar-refractivity contribution in [1.29, 1.82) is 0 Å². The van der Waals surface area contributed by atoms with Gasteiger partial charge < -0.3 is 15.3 Å². The summed E-state index contributed by atoms with van der Waals surface area (Å²) in [7, 11) is -1.47. The highest BCUT2D eigenvalue weighted by Gasteiger charge is 2.16. The molecule has 1 aliphatic rings. The molecule has 0 saturated carbocycles. The van der Waals surface area contributed by atoms with Crippen molar-refractivity contribution >= 4 is 33.8 Å². The second-order valence-electron chi connectivity index (χ2n) is 7.19. The topological polar surface area (TPSA) is 89.9 Å². The van der Waals surface area contributed by atoms with Gasteiger partial charge in [-0.2, -0.15) is 0 Å². The van der Waals surface area contributed by atoms with E-state index in [0.29, 0.717) is 11.3 Å². The number of rotatable bonds is 5. The summed E-state index contributed by atoms with van der Waals surface area (Å²) in [5.41, 5.74) is 1.94. The number of phenols is 1. The highest BCUT2D eigenvalue weighted by atomic mass is 35.5. The molecule has 0 spiro atoms. The molecule has 0 bridgehead atoms. The zero-order valence-corrected chi connectivity index (χ0v) is 18.1. The molecule has 2 aromatic rings. The van der Waals surface area contributed by atoms with Gasteiger partial charge in [-0.3, -0.25) is 9.69 Å². The first-order chi connectivity index (χ1) is 13.2. The Bertz CT molecular complexity index is 956. The summed E-state index contributed by atoms with van der Waals surface area (Å²) in [5.74, 6) is -0.676. The van der Waals surface area contributed by atoms with E-state index in [1.54, 1.807) is 12.1 Å². The second-order valence-corrected chi connectivity index (χ2v) is 9.17. The van der Waals surface area contributed by atoms with Crippen LogP contribution in [0.1, 0.15) is 15.9 Å². The lowest BCUT2D eigenvalue weighted by molar-refractivity contribution is 0.102. The number of aromatic hydroxyl groups is 1. The van der Waals surface area contributed by atoms with E-state index in [4.69, 9.17) is 0 Å². The molecular formula is C20H26ClN3O4S. The van der Waals surface area contributed by atoms with Crippen molar-refractivity contribution < 1.29 is 18.3 Å². The van der Waals surface area contributed by atoms with Gasteiger partial charge in [-0.25, -0.2) is 8.42 Å². The first-order valence-corrected chi connectivity index (χ1v) is 11.0. The fraction of sp³-hybridized carbons (Fsp3) is 0.350. The third-order valence-corrected chi connectivity index (χ3v) is 5.96. The predicted octanol–water partition coefficient (Wildman–Crippen LogP) is 2.22. The molecule has 2 aromatic carbocycles. The molecular weight excluding hydrogens is 414 g/mol. The van der Waals surface area contributed by atoms with Crippen molar-refractivity contribution in [2.75, 3.05) is 44.8 Å². The lowest BCUT2D eigenvalue weighted by atomic mass is 10.1. The lowest BCUT2D eigenvalue weighted by Gasteiger charge is -2.32. The predicted molar refractivity (Wildman–Crippen MR) is 116 cm³/mol. The number of phenolic OH excluding ortho intramolecular Hbond substituents is 1. The van der Waals surface area contributed by atoms with Gasteiger partial charge in [-0.1, -0.05) is 12.1 Å². The molecule has 1 saturated heterocycles. The number of nitrogens with one attached hydrogen (secondary N) is 1. The standard InChI is InChI=1S/C20H25N3O4S.ClH/c1-22-9-11-23(12-10-22)14-15-3-5-16(6-4-15)20(25)21-17-7-8-18(24)19(13-17)28(2,26)27;/h3-8,13,24H,9-12,14H2,1-2H3,(H,21,25);1H. The van der Waals surface area contributed by atoms with E-state index < -0.39 is 9.84 Å². The zero-order chi connectivity index (χ0) is 20.3. The van der Waals surface area contributed by atoms with Gasteiger partial charge in [0.1, 0.15) is 10.6 Å². The van der Waals surface area contributed by atoms with Crippen LogP contribution in [0.2, 0.25) is 0 Å². The number of amides is 1. The molecule has 1 amide bonds. The number of halogens is 1. The second kappa shape index (κ2) is 9.58. The average molecular weight is 440 g/mol. The highest BCUT2D eigenvalue weighted by Crippen LogP contribution is 2.26. The van der Waals surface area contributed by atoms with Gasteiger partial charge in [0.15, 0.2) is 9.84 Å². The van der Waals surface area contributed by atoms with Crippen molar-refractivity contribution in [2.24, 2.45) is 0 Å². The van der Waals surface area contributed by atoms with Gasteiger partial charge in [-0.05, 0) is 42.9 Å². The summed E-state index contributed by atoms with van der Waals surface area (Å²) in [6.45, 7) is 5.03. The van der Waals surface area contributed by atoms with E-state index in [0.717, 1.165) is 44.5 Å². The van der Waals surface area contributed by atoms with Crippen molar-refractivity contribution in [3.63, 3.8) is 0 Å². The van der Waals surface area contributed by atoms with Crippen LogP contribution in [0.5, 0.6) is 5.75 Å². The Kier molecular flexibility index (Phi) is 7.65. The van der Waals surface area contributed by atoms with E-state index in [1.807, 2.05) is 12.1 Å². The largest absolute Gasteiger partial charge is 0.507 e. The molecule has 2 N–H and O–H groups in total. The molecule has 0 atom stereocenters. The maximum absolute atomic E-state index is 12.5. The van der Waals surface area contributed by atoms with Crippen LogP contribution in [-0.2, 0) is 16.4 Å². The minimum atomic E-state index is -3.59. The van der Waals surface area contributed by atoms with E-state index in [2.05, 4.69) is 22.2 Å². The maximum Gasteiger partial charge on any atom is 0.255 e. The van der Waals surface area contributed by atoms with Crippen LogP contribution in [0.25, 0.3) is 0 Å². The third-order valence-electron chi connectivity index (χ3n) is 4.84. The van der Waals surface area contributed by atoms with Gasteiger partial charge in [0.05, 0.1) is 0 Å². The summed E-state index contributed by atoms with van der Waals surface area (Å²) in [4.78, 5) is 16.9. The van der Waals surface area contributed by atoms with Gasteiger partial charge in [0.25, 0.3) is 5.91 Å². The fourth-order valence-corrected chi connectivity index (χ4v) is 3.91. The summed E-state index contributed by atoms with van der Waals surface area (Å²) in [5, 5.41) is 12.4. The van der Waals surface area contributed by atoms with Gasteiger partial charge >= 0.3 is 0 Å². The smallest absolute Gasteiger partial charge is 0.255 e. The average Bonchev–Trinajstić information content (AvgIpc) is 2.65. The number of benzene rings is 2. The molecule has 1 aliphatic heterocycles. The molecule has 29 heavy (non-hydrogen) atoms. The van der Waals surface area contributed by atoms with Crippen molar-refractivity contribution in [3.8, 4) is 5.75 Å². The Labute approximate surface area is 177 Å². The van der Waals surface area contributed by atoms with Gasteiger partial charge in [0.2, 0.25) is 0 Å². The molecule has 9 heteroatoms. The zero-order valence-electron chi connectivity index (χ0n) is 16.5. The molecule has 0 radical (unpaired) electrons. The number of carbonyl (C=O) groups excluding carboxylic acids is 1. The van der Waals surface area contributed by atoms with Gasteiger partial charge in [-0.15, -0.1) is 12.4 Å². The fourth-order valence-electron chi connectivity index (χ4n) is 3.12. The molecule has 1 fully saturated rings. The Morgan fingerprint density at radius 1 is 1.07 bits per heavy atom. The third kappa shape index (κ3) is 6.17. The molecule has 3 rings (SSSR count). The summed E-state index contributed by atoms with van der Waals surface area (Å²) >= 11 is 0. The maximum atomic E-state index is 12.5.